The second kappa shape index (κ2) is 9.99. The van der Waals surface area contributed by atoms with Gasteiger partial charge in [0.05, 0.1) is 11.7 Å². The predicted molar refractivity (Wildman–Crippen MR) is 135 cm³/mol. The number of nitrogens with one attached hydrogen (secondary N) is 2. The van der Waals surface area contributed by atoms with Crippen LogP contribution < -0.4 is 15.5 Å². The highest BCUT2D eigenvalue weighted by molar-refractivity contribution is 8.01. The van der Waals surface area contributed by atoms with E-state index < -0.39 is 5.92 Å². The van der Waals surface area contributed by atoms with Crippen molar-refractivity contribution in [2.75, 3.05) is 22.5 Å². The number of thiazole rings is 1. The molecule has 1 saturated carbocycles. The first-order valence-electron chi connectivity index (χ1n) is 11.2. The molecule has 7 nitrogen and oxygen atoms in total. The molecule has 1 saturated heterocycles. The summed E-state index contributed by atoms with van der Waals surface area (Å²) < 4.78 is 0.716. The molecule has 2 aromatic carbocycles. The molecule has 2 N–H and O–H groups in total. The SMILES string of the molecule is O=C(CSc1nc(-c2ccccc2)c(NC(=O)C2CC(=O)N(c3ccccc3)C2)s1)NC1CC1. The molecule has 5 rings (SSSR count). The van der Waals surface area contributed by atoms with E-state index in [2.05, 4.69) is 10.6 Å². The highest BCUT2D eigenvalue weighted by Gasteiger charge is 2.35. The van der Waals surface area contributed by atoms with Gasteiger partial charge in [-0.25, -0.2) is 4.98 Å². The molecule has 9 heteroatoms. The van der Waals surface area contributed by atoms with Gasteiger partial charge in [-0.3, -0.25) is 14.4 Å². The topological polar surface area (TPSA) is 91.4 Å². The van der Waals surface area contributed by atoms with Gasteiger partial charge in [0.25, 0.3) is 0 Å². The fraction of sp³-hybridized carbons (Fsp3) is 0.280. The second-order valence-electron chi connectivity index (χ2n) is 8.38. The zero-order valence-corrected chi connectivity index (χ0v) is 20.0. The maximum absolute atomic E-state index is 13.1. The summed E-state index contributed by atoms with van der Waals surface area (Å²) in [6.45, 7) is 0.344. The third-order valence-electron chi connectivity index (χ3n) is 5.72. The number of aromatic nitrogens is 1. The third-order valence-corrected chi connectivity index (χ3v) is 7.84. The number of para-hydroxylation sites is 1. The molecule has 0 bridgehead atoms. The fourth-order valence-corrected chi connectivity index (χ4v) is 5.70. The van der Waals surface area contributed by atoms with Crippen LogP contribution in [0.15, 0.2) is 65.0 Å². The minimum Gasteiger partial charge on any atom is -0.353 e. The lowest BCUT2D eigenvalue weighted by Gasteiger charge is -2.16. The monoisotopic (exact) mass is 492 g/mol. The van der Waals surface area contributed by atoms with Gasteiger partial charge < -0.3 is 15.5 Å². The minimum atomic E-state index is -0.446. The molecule has 1 aromatic heterocycles. The lowest BCUT2D eigenvalue weighted by Crippen LogP contribution is -2.28. The van der Waals surface area contributed by atoms with Crippen molar-refractivity contribution in [2.45, 2.75) is 29.6 Å². The summed E-state index contributed by atoms with van der Waals surface area (Å²) in [4.78, 5) is 44.2. The molecule has 3 aromatic rings. The molecule has 2 fully saturated rings. The van der Waals surface area contributed by atoms with Gasteiger partial charge in [0.15, 0.2) is 4.34 Å². The van der Waals surface area contributed by atoms with Gasteiger partial charge in [-0.2, -0.15) is 0 Å². The second-order valence-corrected chi connectivity index (χ2v) is 10.6. The van der Waals surface area contributed by atoms with Crippen LogP contribution in [0.4, 0.5) is 10.7 Å². The van der Waals surface area contributed by atoms with E-state index in [4.69, 9.17) is 4.98 Å². The molecule has 1 unspecified atom stereocenters. The Bertz CT molecular complexity index is 1200. The molecular formula is C25H24N4O3S2. The van der Waals surface area contributed by atoms with Gasteiger partial charge in [0.1, 0.15) is 10.7 Å². The smallest absolute Gasteiger partial charge is 0.230 e. The van der Waals surface area contributed by atoms with Crippen molar-refractivity contribution in [1.82, 2.24) is 10.3 Å². The molecule has 0 radical (unpaired) electrons. The number of benzene rings is 2. The molecule has 2 heterocycles. The average molecular weight is 493 g/mol. The Labute approximate surface area is 206 Å². The normalized spacial score (nSPS) is 17.6. The molecule has 1 aliphatic heterocycles. The number of carbonyl (C=O) groups is 3. The zero-order chi connectivity index (χ0) is 23.5. The number of carbonyl (C=O) groups excluding carboxylic acids is 3. The summed E-state index contributed by atoms with van der Waals surface area (Å²) in [5.41, 5.74) is 2.36. The highest BCUT2D eigenvalue weighted by Crippen LogP contribution is 2.38. The van der Waals surface area contributed by atoms with E-state index in [1.165, 1.54) is 23.1 Å². The quantitative estimate of drug-likeness (QED) is 0.461. The Kier molecular flexibility index (Phi) is 6.64. The van der Waals surface area contributed by atoms with Gasteiger partial charge in [-0.1, -0.05) is 71.6 Å². The van der Waals surface area contributed by atoms with Gasteiger partial charge in [0, 0.05) is 30.3 Å². The van der Waals surface area contributed by atoms with Crippen molar-refractivity contribution in [3.63, 3.8) is 0 Å². The van der Waals surface area contributed by atoms with Crippen LogP contribution in [-0.2, 0) is 14.4 Å². The minimum absolute atomic E-state index is 0.0000167. The summed E-state index contributed by atoms with van der Waals surface area (Å²) in [6.07, 6.45) is 2.27. The van der Waals surface area contributed by atoms with E-state index in [-0.39, 0.29) is 29.9 Å². The number of anilines is 2. The standard InChI is InChI=1S/C25H24N4O3S2/c30-20(26-18-11-12-18)15-33-25-27-22(16-7-3-1-4-8-16)24(34-25)28-23(32)17-13-21(31)29(14-17)19-9-5-2-6-10-19/h1-10,17-18H,11-15H2,(H,26,30)(H,28,32). The lowest BCUT2D eigenvalue weighted by molar-refractivity contribution is -0.122. The van der Waals surface area contributed by atoms with Crippen molar-refractivity contribution >= 4 is 51.5 Å². The molecule has 1 atom stereocenters. The summed E-state index contributed by atoms with van der Waals surface area (Å²) in [7, 11) is 0. The largest absolute Gasteiger partial charge is 0.353 e. The lowest BCUT2D eigenvalue weighted by atomic mass is 10.1. The van der Waals surface area contributed by atoms with Crippen LogP contribution >= 0.6 is 23.1 Å². The van der Waals surface area contributed by atoms with E-state index in [1.54, 1.807) is 4.90 Å². The summed E-state index contributed by atoms with van der Waals surface area (Å²) in [5, 5.41) is 6.63. The van der Waals surface area contributed by atoms with Crippen LogP contribution in [0, 0.1) is 5.92 Å². The number of thioether (sulfide) groups is 1. The first kappa shape index (κ1) is 22.6. The van der Waals surface area contributed by atoms with Crippen molar-refractivity contribution in [3.05, 3.63) is 60.7 Å². The van der Waals surface area contributed by atoms with Crippen LogP contribution in [0.2, 0.25) is 0 Å². The molecule has 174 valence electrons. The molecule has 1 aliphatic carbocycles. The van der Waals surface area contributed by atoms with Crippen LogP contribution in [0.25, 0.3) is 11.3 Å². The summed E-state index contributed by atoms with van der Waals surface area (Å²) in [5.74, 6) is -0.416. The van der Waals surface area contributed by atoms with Gasteiger partial charge in [0.2, 0.25) is 17.7 Å². The first-order valence-corrected chi connectivity index (χ1v) is 13.0. The number of hydrogen-bond acceptors (Lipinski definition) is 6. The van der Waals surface area contributed by atoms with E-state index in [0.717, 1.165) is 24.1 Å². The molecule has 34 heavy (non-hydrogen) atoms. The predicted octanol–water partition coefficient (Wildman–Crippen LogP) is 4.17. The van der Waals surface area contributed by atoms with Crippen molar-refractivity contribution in [3.8, 4) is 11.3 Å². The Balaban J connectivity index is 1.30. The van der Waals surface area contributed by atoms with Crippen LogP contribution in [0.1, 0.15) is 19.3 Å². The number of hydrogen-bond donors (Lipinski definition) is 2. The maximum Gasteiger partial charge on any atom is 0.230 e. The first-order chi connectivity index (χ1) is 16.6. The number of nitrogens with zero attached hydrogens (tertiary/aromatic N) is 2. The van der Waals surface area contributed by atoms with E-state index in [9.17, 15) is 14.4 Å². The van der Waals surface area contributed by atoms with Crippen molar-refractivity contribution in [1.29, 1.82) is 0 Å². The average Bonchev–Trinajstić information content (AvgIpc) is 3.44. The van der Waals surface area contributed by atoms with Crippen LogP contribution in [-0.4, -0.2) is 41.0 Å². The maximum atomic E-state index is 13.1. The van der Waals surface area contributed by atoms with E-state index in [0.29, 0.717) is 27.6 Å². The van der Waals surface area contributed by atoms with Gasteiger partial charge in [-0.15, -0.1) is 0 Å². The third kappa shape index (κ3) is 5.31. The van der Waals surface area contributed by atoms with Gasteiger partial charge in [-0.05, 0) is 25.0 Å². The Hall–Kier alpha value is -3.17. The Morgan fingerprint density at radius 2 is 1.76 bits per heavy atom. The van der Waals surface area contributed by atoms with Crippen LogP contribution in [0.5, 0.6) is 0 Å². The highest BCUT2D eigenvalue weighted by atomic mass is 32.2. The Morgan fingerprint density at radius 1 is 1.06 bits per heavy atom. The molecule has 3 amide bonds. The van der Waals surface area contributed by atoms with Gasteiger partial charge >= 0.3 is 0 Å². The molecule has 2 aliphatic rings. The van der Waals surface area contributed by atoms with Crippen molar-refractivity contribution < 1.29 is 14.4 Å². The van der Waals surface area contributed by atoms with E-state index >= 15 is 0 Å². The van der Waals surface area contributed by atoms with Crippen LogP contribution in [0.3, 0.4) is 0 Å². The summed E-state index contributed by atoms with van der Waals surface area (Å²) >= 11 is 2.72. The zero-order valence-electron chi connectivity index (χ0n) is 18.4. The molecular weight excluding hydrogens is 468 g/mol. The molecule has 0 spiro atoms. The fourth-order valence-electron chi connectivity index (χ4n) is 3.82. The number of amides is 3. The van der Waals surface area contributed by atoms with E-state index in [1.807, 2.05) is 60.7 Å². The Morgan fingerprint density at radius 3 is 2.47 bits per heavy atom. The number of rotatable bonds is 8. The summed E-state index contributed by atoms with van der Waals surface area (Å²) in [6, 6.07) is 19.4. The van der Waals surface area contributed by atoms with Crippen molar-refractivity contribution in [2.24, 2.45) is 5.92 Å².